The molecule has 0 unspecified atom stereocenters. The monoisotopic (exact) mass is 206 g/mol. The number of halogens is 1. The van der Waals surface area contributed by atoms with Crippen molar-refractivity contribution in [2.24, 2.45) is 0 Å². The number of hydrogen-bond donors (Lipinski definition) is 1. The molecule has 0 aliphatic carbocycles. The SMILES string of the molecule is O=C(O)Cc1nc(Br)no1. The smallest absolute Gasteiger partial charge is 0.312 e. The van der Waals surface area contributed by atoms with Crippen molar-refractivity contribution in [2.45, 2.75) is 6.42 Å². The minimum absolute atomic E-state index is 0.0966. The van der Waals surface area contributed by atoms with Crippen molar-refractivity contribution in [3.05, 3.63) is 10.6 Å². The molecule has 0 fully saturated rings. The highest BCUT2D eigenvalue weighted by atomic mass is 79.9. The van der Waals surface area contributed by atoms with Gasteiger partial charge in [0.2, 0.25) is 10.6 Å². The Bertz CT molecular complexity index is 246. The van der Waals surface area contributed by atoms with Crippen LogP contribution in [0.2, 0.25) is 0 Å². The molecule has 1 aromatic rings. The highest BCUT2D eigenvalue weighted by Crippen LogP contribution is 2.03. The third-order valence-electron chi connectivity index (χ3n) is 0.746. The van der Waals surface area contributed by atoms with Crippen molar-refractivity contribution in [1.29, 1.82) is 0 Å². The first-order valence-corrected chi connectivity index (χ1v) is 3.17. The molecule has 5 nitrogen and oxygen atoms in total. The molecule has 6 heteroatoms. The van der Waals surface area contributed by atoms with Crippen LogP contribution in [-0.4, -0.2) is 21.2 Å². The summed E-state index contributed by atoms with van der Waals surface area (Å²) in [6.07, 6.45) is -0.238. The minimum atomic E-state index is -0.990. The van der Waals surface area contributed by atoms with Gasteiger partial charge in [-0.25, -0.2) is 0 Å². The lowest BCUT2D eigenvalue weighted by Gasteiger charge is -1.81. The van der Waals surface area contributed by atoms with Crippen LogP contribution in [0.25, 0.3) is 0 Å². The van der Waals surface area contributed by atoms with Crippen LogP contribution in [0, 0.1) is 0 Å². The third kappa shape index (κ3) is 1.80. The van der Waals surface area contributed by atoms with Gasteiger partial charge in [-0.3, -0.25) is 4.79 Å². The zero-order valence-corrected chi connectivity index (χ0v) is 6.33. The summed E-state index contributed by atoms with van der Waals surface area (Å²) in [5, 5.41) is 11.6. The van der Waals surface area contributed by atoms with E-state index >= 15 is 0 Å². The highest BCUT2D eigenvalue weighted by Gasteiger charge is 2.07. The normalized spacial score (nSPS) is 9.70. The van der Waals surface area contributed by atoms with Crippen LogP contribution in [0.15, 0.2) is 9.26 Å². The van der Waals surface area contributed by atoms with Gasteiger partial charge in [-0.2, -0.15) is 4.98 Å². The molecule has 0 bridgehead atoms. The van der Waals surface area contributed by atoms with Crippen LogP contribution < -0.4 is 0 Å². The summed E-state index contributed by atoms with van der Waals surface area (Å²) in [4.78, 5) is 13.6. The van der Waals surface area contributed by atoms with E-state index in [1.54, 1.807) is 0 Å². The minimum Gasteiger partial charge on any atom is -0.481 e. The number of nitrogens with zero attached hydrogens (tertiary/aromatic N) is 2. The van der Waals surface area contributed by atoms with Gasteiger partial charge >= 0.3 is 5.97 Å². The van der Waals surface area contributed by atoms with Gasteiger partial charge < -0.3 is 9.63 Å². The maximum absolute atomic E-state index is 10.0. The summed E-state index contributed by atoms with van der Waals surface area (Å²) in [7, 11) is 0. The highest BCUT2D eigenvalue weighted by molar-refractivity contribution is 9.10. The van der Waals surface area contributed by atoms with E-state index in [1.807, 2.05) is 0 Å². The second-order valence-corrected chi connectivity index (χ2v) is 2.24. The Morgan fingerprint density at radius 2 is 2.50 bits per heavy atom. The molecule has 0 aliphatic heterocycles. The summed E-state index contributed by atoms with van der Waals surface area (Å²) >= 11 is 2.91. The fraction of sp³-hybridized carbons (Fsp3) is 0.250. The number of carboxylic acids is 1. The maximum Gasteiger partial charge on any atom is 0.312 e. The van der Waals surface area contributed by atoms with Gasteiger partial charge in [0.05, 0.1) is 0 Å². The van der Waals surface area contributed by atoms with Crippen molar-refractivity contribution >= 4 is 21.9 Å². The van der Waals surface area contributed by atoms with E-state index in [-0.39, 0.29) is 17.0 Å². The number of aromatic nitrogens is 2. The number of aliphatic carboxylic acids is 1. The quantitative estimate of drug-likeness (QED) is 0.762. The Morgan fingerprint density at radius 3 is 2.90 bits per heavy atom. The molecule has 0 aromatic carbocycles. The molecule has 1 aromatic heterocycles. The molecular formula is C4H3BrN2O3. The molecule has 0 saturated carbocycles. The first-order chi connectivity index (χ1) is 4.68. The van der Waals surface area contributed by atoms with E-state index in [1.165, 1.54) is 0 Å². The van der Waals surface area contributed by atoms with Crippen molar-refractivity contribution < 1.29 is 14.4 Å². The first kappa shape index (κ1) is 7.20. The zero-order valence-electron chi connectivity index (χ0n) is 4.74. The molecule has 0 aliphatic rings. The van der Waals surface area contributed by atoms with Gasteiger partial charge in [0.15, 0.2) is 0 Å². The van der Waals surface area contributed by atoms with Gasteiger partial charge in [0, 0.05) is 0 Å². The van der Waals surface area contributed by atoms with Gasteiger partial charge in [0.1, 0.15) is 6.42 Å². The van der Waals surface area contributed by atoms with Gasteiger partial charge in [-0.1, -0.05) is 0 Å². The summed E-state index contributed by atoms with van der Waals surface area (Å²) in [6, 6.07) is 0. The van der Waals surface area contributed by atoms with Gasteiger partial charge in [0.25, 0.3) is 0 Å². The lowest BCUT2D eigenvalue weighted by Crippen LogP contribution is -1.99. The van der Waals surface area contributed by atoms with E-state index in [9.17, 15) is 4.79 Å². The van der Waals surface area contributed by atoms with E-state index < -0.39 is 5.97 Å². The van der Waals surface area contributed by atoms with Crippen LogP contribution in [0.1, 0.15) is 5.89 Å². The van der Waals surface area contributed by atoms with E-state index in [2.05, 4.69) is 30.6 Å². The topological polar surface area (TPSA) is 76.2 Å². The van der Waals surface area contributed by atoms with Crippen LogP contribution in [0.4, 0.5) is 0 Å². The van der Waals surface area contributed by atoms with E-state index in [0.717, 1.165) is 0 Å². The Balaban J connectivity index is 2.67. The Hall–Kier alpha value is -0.910. The molecule has 1 rings (SSSR count). The first-order valence-electron chi connectivity index (χ1n) is 2.38. The summed E-state index contributed by atoms with van der Waals surface area (Å²) in [6.45, 7) is 0. The van der Waals surface area contributed by atoms with E-state index in [0.29, 0.717) is 0 Å². The molecule has 1 heterocycles. The third-order valence-corrected chi connectivity index (χ3v) is 1.07. The molecule has 0 spiro atoms. The largest absolute Gasteiger partial charge is 0.481 e. The fourth-order valence-electron chi connectivity index (χ4n) is 0.435. The number of hydrogen-bond acceptors (Lipinski definition) is 4. The summed E-state index contributed by atoms with van der Waals surface area (Å²) < 4.78 is 4.75. The molecular weight excluding hydrogens is 204 g/mol. The lowest BCUT2D eigenvalue weighted by molar-refractivity contribution is -0.136. The molecule has 0 atom stereocenters. The zero-order chi connectivity index (χ0) is 7.56. The van der Waals surface area contributed by atoms with Crippen LogP contribution >= 0.6 is 15.9 Å². The number of rotatable bonds is 2. The second-order valence-electron chi connectivity index (χ2n) is 1.53. The number of carbonyl (C=O) groups is 1. The molecule has 0 radical (unpaired) electrons. The standard InChI is InChI=1S/C4H3BrN2O3/c5-4-6-2(10-7-4)1-3(8)9/h1H2,(H,8,9). The Morgan fingerprint density at radius 1 is 1.80 bits per heavy atom. The average molecular weight is 207 g/mol. The predicted molar refractivity (Wildman–Crippen MR) is 33.3 cm³/mol. The van der Waals surface area contributed by atoms with Crippen molar-refractivity contribution in [3.8, 4) is 0 Å². The van der Waals surface area contributed by atoms with Crippen LogP contribution in [0.3, 0.4) is 0 Å². The average Bonchev–Trinajstić information content (AvgIpc) is 2.13. The fourth-order valence-corrected chi connectivity index (χ4v) is 0.705. The van der Waals surface area contributed by atoms with E-state index in [4.69, 9.17) is 5.11 Å². The molecule has 1 N–H and O–H groups in total. The molecule has 0 amide bonds. The summed E-state index contributed by atoms with van der Waals surface area (Å²) in [5.41, 5.74) is 0. The van der Waals surface area contributed by atoms with Crippen molar-refractivity contribution in [3.63, 3.8) is 0 Å². The summed E-state index contributed by atoms with van der Waals surface area (Å²) in [5.74, 6) is -0.893. The van der Waals surface area contributed by atoms with Crippen molar-refractivity contribution in [2.75, 3.05) is 0 Å². The Kier molecular flexibility index (Phi) is 2.00. The molecule has 10 heavy (non-hydrogen) atoms. The molecule has 54 valence electrons. The van der Waals surface area contributed by atoms with Gasteiger partial charge in [-0.05, 0) is 21.1 Å². The van der Waals surface area contributed by atoms with Crippen molar-refractivity contribution in [1.82, 2.24) is 10.1 Å². The number of carboxylic acid groups (broad SMARTS) is 1. The Labute approximate surface area is 64.2 Å². The predicted octanol–water partition coefficient (Wildman–Crippen LogP) is 0.459. The van der Waals surface area contributed by atoms with Crippen LogP contribution in [-0.2, 0) is 11.2 Å². The van der Waals surface area contributed by atoms with Crippen LogP contribution in [0.5, 0.6) is 0 Å². The lowest BCUT2D eigenvalue weighted by atomic mass is 10.4. The molecule has 0 saturated heterocycles. The van der Waals surface area contributed by atoms with Gasteiger partial charge in [-0.15, -0.1) is 0 Å². The maximum atomic E-state index is 10.0. The second kappa shape index (κ2) is 2.78.